The number of carbonyl (C=O) groups is 4. The molecule has 4 aliphatic heterocycles. The average Bonchev–Trinajstić information content (AvgIpc) is 3.19. The van der Waals surface area contributed by atoms with Crippen molar-refractivity contribution < 1.29 is 33.8 Å². The van der Waals surface area contributed by atoms with Crippen molar-refractivity contribution in [1.82, 2.24) is 15.1 Å². The Morgan fingerprint density at radius 1 is 1.19 bits per heavy atom. The van der Waals surface area contributed by atoms with Crippen LogP contribution in [0.3, 0.4) is 0 Å². The van der Waals surface area contributed by atoms with Crippen molar-refractivity contribution in [2.45, 2.75) is 82.9 Å². The van der Waals surface area contributed by atoms with Crippen LogP contribution < -0.4 is 5.32 Å². The molecule has 198 valence electrons. The summed E-state index contributed by atoms with van der Waals surface area (Å²) < 4.78 is 12.2. The minimum absolute atomic E-state index is 0.147. The van der Waals surface area contributed by atoms with Gasteiger partial charge in [0, 0.05) is 18.5 Å². The highest BCUT2D eigenvalue weighted by Crippen LogP contribution is 2.53. The third kappa shape index (κ3) is 4.34. The molecule has 10 heteroatoms. The molecule has 2 fully saturated rings. The maximum atomic E-state index is 14.0. The van der Waals surface area contributed by atoms with E-state index < -0.39 is 59.1 Å². The van der Waals surface area contributed by atoms with Gasteiger partial charge in [0.05, 0.1) is 31.2 Å². The molecule has 2 saturated heterocycles. The van der Waals surface area contributed by atoms with Crippen LogP contribution in [0.25, 0.3) is 0 Å². The van der Waals surface area contributed by atoms with Gasteiger partial charge in [-0.1, -0.05) is 24.3 Å². The smallest absolute Gasteiger partial charge is 0.313 e. The molecule has 4 heterocycles. The molecule has 0 aromatic carbocycles. The Kier molecular flexibility index (Phi) is 7.04. The molecule has 3 amide bonds. The Morgan fingerprint density at radius 2 is 1.92 bits per heavy atom. The van der Waals surface area contributed by atoms with Gasteiger partial charge in [0.1, 0.15) is 23.7 Å². The number of hydrogen-bond acceptors (Lipinski definition) is 7. The molecule has 10 nitrogen and oxygen atoms in total. The standard InChI is InChI=1S/C26H37N3O7/c1-15(14-30)29-21-23(33)28(25(3,4)5)12-8-11-26(21)20(22(29)32)19-17(36-26)9-6-7-10-18(31)27-13-16(2)35-24(19)34/h6,8-9,11,15-17,19-21,30H,7,10,12-14H2,1-5H3,(H,27,31)/b9-6-/t15-,16-,17-,19+,20+,21-,26+/m1/s1. The van der Waals surface area contributed by atoms with E-state index in [2.05, 4.69) is 5.32 Å². The lowest BCUT2D eigenvalue weighted by atomic mass is 9.77. The van der Waals surface area contributed by atoms with E-state index in [0.29, 0.717) is 13.0 Å². The summed E-state index contributed by atoms with van der Waals surface area (Å²) in [5.41, 5.74) is -1.92. The molecule has 0 unspecified atom stereocenters. The van der Waals surface area contributed by atoms with E-state index in [0.717, 1.165) is 0 Å². The zero-order valence-corrected chi connectivity index (χ0v) is 21.6. The van der Waals surface area contributed by atoms with Crippen LogP contribution in [0.2, 0.25) is 0 Å². The molecule has 4 aliphatic rings. The molecule has 0 radical (unpaired) electrons. The first-order valence-corrected chi connectivity index (χ1v) is 12.7. The molecule has 0 aromatic rings. The lowest BCUT2D eigenvalue weighted by Crippen LogP contribution is -2.60. The molecule has 2 N–H and O–H groups in total. The fourth-order valence-electron chi connectivity index (χ4n) is 5.77. The lowest BCUT2D eigenvalue weighted by Gasteiger charge is -2.41. The number of aliphatic hydroxyl groups is 1. The van der Waals surface area contributed by atoms with Gasteiger partial charge in [-0.05, 0) is 41.0 Å². The number of allylic oxidation sites excluding steroid dienone is 1. The van der Waals surface area contributed by atoms with Crippen molar-refractivity contribution >= 4 is 23.7 Å². The maximum Gasteiger partial charge on any atom is 0.313 e. The number of ether oxygens (including phenoxy) is 2. The molecule has 7 atom stereocenters. The fourth-order valence-corrected chi connectivity index (χ4v) is 5.77. The van der Waals surface area contributed by atoms with Gasteiger partial charge in [0.2, 0.25) is 17.7 Å². The lowest BCUT2D eigenvalue weighted by molar-refractivity contribution is -0.160. The number of cyclic esters (lactones) is 1. The summed E-state index contributed by atoms with van der Waals surface area (Å²) in [5, 5.41) is 12.7. The Labute approximate surface area is 211 Å². The predicted molar refractivity (Wildman–Crippen MR) is 129 cm³/mol. The van der Waals surface area contributed by atoms with Gasteiger partial charge in [-0.3, -0.25) is 19.2 Å². The second kappa shape index (κ2) is 9.63. The molecule has 0 aromatic heterocycles. The number of hydrogen-bond donors (Lipinski definition) is 2. The average molecular weight is 504 g/mol. The third-order valence-corrected chi connectivity index (χ3v) is 7.52. The van der Waals surface area contributed by atoms with E-state index in [9.17, 15) is 24.3 Å². The number of amides is 3. The van der Waals surface area contributed by atoms with Crippen molar-refractivity contribution in [3.8, 4) is 0 Å². The summed E-state index contributed by atoms with van der Waals surface area (Å²) in [6.45, 7) is 9.26. The third-order valence-electron chi connectivity index (χ3n) is 7.52. The van der Waals surface area contributed by atoms with E-state index in [1.54, 1.807) is 37.0 Å². The van der Waals surface area contributed by atoms with Gasteiger partial charge in [-0.25, -0.2) is 0 Å². The van der Waals surface area contributed by atoms with Gasteiger partial charge in [-0.2, -0.15) is 0 Å². The predicted octanol–water partition coefficient (Wildman–Crippen LogP) is 0.543. The molecule has 0 bridgehead atoms. The molecular formula is C26H37N3O7. The van der Waals surface area contributed by atoms with Gasteiger partial charge in [-0.15, -0.1) is 0 Å². The number of rotatable bonds is 2. The number of esters is 1. The summed E-state index contributed by atoms with van der Waals surface area (Å²) >= 11 is 0. The number of likely N-dealkylation sites (tertiary alicyclic amines) is 1. The van der Waals surface area contributed by atoms with Crippen LogP contribution >= 0.6 is 0 Å². The quantitative estimate of drug-likeness (QED) is 0.416. The molecule has 1 spiro atoms. The molecular weight excluding hydrogens is 466 g/mol. The van der Waals surface area contributed by atoms with Crippen LogP contribution in [-0.2, 0) is 28.7 Å². The van der Waals surface area contributed by atoms with E-state index in [1.807, 2.05) is 26.8 Å². The van der Waals surface area contributed by atoms with E-state index in [4.69, 9.17) is 9.47 Å². The largest absolute Gasteiger partial charge is 0.460 e. The molecule has 0 aliphatic carbocycles. The van der Waals surface area contributed by atoms with Crippen molar-refractivity contribution in [3.63, 3.8) is 0 Å². The first kappa shape index (κ1) is 26.3. The zero-order valence-electron chi connectivity index (χ0n) is 21.6. The summed E-state index contributed by atoms with van der Waals surface area (Å²) in [5.74, 6) is -3.45. The number of nitrogens with one attached hydrogen (secondary N) is 1. The number of aliphatic hydroxyl groups excluding tert-OH is 1. The second-order valence-electron chi connectivity index (χ2n) is 11.2. The Morgan fingerprint density at radius 3 is 2.58 bits per heavy atom. The number of carbonyl (C=O) groups excluding carboxylic acids is 4. The SMILES string of the molecule is C[C@@H]1CNC(=O)CC/C=C\[C@H]2O[C@]34C=CCN(C(C)(C)C)C(=O)[C@H]3N([C@H](C)CO)C(=O)[C@@H]4[C@H]2C(=O)O1. The van der Waals surface area contributed by atoms with Crippen LogP contribution in [0.15, 0.2) is 24.3 Å². The minimum atomic E-state index is -1.40. The summed E-state index contributed by atoms with van der Waals surface area (Å²) in [6, 6.07) is -1.70. The van der Waals surface area contributed by atoms with Gasteiger partial charge in [0.25, 0.3) is 0 Å². The highest BCUT2D eigenvalue weighted by atomic mass is 16.6. The molecule has 36 heavy (non-hydrogen) atoms. The fraction of sp³-hybridized carbons (Fsp3) is 0.692. The highest BCUT2D eigenvalue weighted by Gasteiger charge is 2.72. The van der Waals surface area contributed by atoms with Gasteiger partial charge >= 0.3 is 5.97 Å². The van der Waals surface area contributed by atoms with Crippen molar-refractivity contribution in [3.05, 3.63) is 24.3 Å². The van der Waals surface area contributed by atoms with E-state index in [-0.39, 0.29) is 31.4 Å². The van der Waals surface area contributed by atoms with Crippen LogP contribution in [0.4, 0.5) is 0 Å². The van der Waals surface area contributed by atoms with E-state index in [1.165, 1.54) is 4.90 Å². The Hall–Kier alpha value is -2.72. The van der Waals surface area contributed by atoms with Crippen LogP contribution in [0, 0.1) is 11.8 Å². The van der Waals surface area contributed by atoms with Crippen molar-refractivity contribution in [2.24, 2.45) is 11.8 Å². The molecule has 0 saturated carbocycles. The van der Waals surface area contributed by atoms with Crippen LogP contribution in [0.5, 0.6) is 0 Å². The van der Waals surface area contributed by atoms with E-state index >= 15 is 0 Å². The van der Waals surface area contributed by atoms with Gasteiger partial charge in [0.15, 0.2) is 0 Å². The normalized spacial score (nSPS) is 37.1. The topological polar surface area (TPSA) is 125 Å². The maximum absolute atomic E-state index is 14.0. The monoisotopic (exact) mass is 503 g/mol. The first-order chi connectivity index (χ1) is 16.9. The summed E-state index contributed by atoms with van der Waals surface area (Å²) in [6.07, 6.45) is 6.35. The highest BCUT2D eigenvalue weighted by molar-refractivity contribution is 5.99. The Bertz CT molecular complexity index is 987. The zero-order chi connectivity index (χ0) is 26.4. The number of fused-ring (bicyclic) bond motifs is 2. The summed E-state index contributed by atoms with van der Waals surface area (Å²) in [4.78, 5) is 56.7. The summed E-state index contributed by atoms with van der Waals surface area (Å²) in [7, 11) is 0. The second-order valence-corrected chi connectivity index (χ2v) is 11.2. The Balaban J connectivity index is 1.83. The van der Waals surface area contributed by atoms with Gasteiger partial charge < -0.3 is 29.7 Å². The first-order valence-electron chi connectivity index (χ1n) is 12.7. The van der Waals surface area contributed by atoms with Crippen molar-refractivity contribution in [1.29, 1.82) is 0 Å². The van der Waals surface area contributed by atoms with Crippen LogP contribution in [0.1, 0.15) is 47.5 Å². The van der Waals surface area contributed by atoms with Crippen molar-refractivity contribution in [2.75, 3.05) is 19.7 Å². The van der Waals surface area contributed by atoms with Crippen LogP contribution in [-0.4, -0.2) is 93.7 Å². The number of nitrogens with zero attached hydrogens (tertiary/aromatic N) is 2. The minimum Gasteiger partial charge on any atom is -0.460 e. The molecule has 4 rings (SSSR count).